The number of rotatable bonds is 4. The van der Waals surface area contributed by atoms with Gasteiger partial charge in [0.15, 0.2) is 0 Å². The Kier molecular flexibility index (Phi) is 4.40. The molecule has 0 unspecified atom stereocenters. The second kappa shape index (κ2) is 6.32. The van der Waals surface area contributed by atoms with E-state index in [1.54, 1.807) is 0 Å². The molecule has 0 amide bonds. The molecule has 0 aliphatic carbocycles. The first-order chi connectivity index (χ1) is 10.8. The molecule has 0 heterocycles. The lowest BCUT2D eigenvalue weighted by Gasteiger charge is -2.18. The van der Waals surface area contributed by atoms with E-state index in [-0.39, 0.29) is 19.0 Å². The Morgan fingerprint density at radius 3 is 2.13 bits per heavy atom. The summed E-state index contributed by atoms with van der Waals surface area (Å²) in [5.41, 5.74) is 1.32. The highest BCUT2D eigenvalue weighted by Gasteiger charge is 2.11. The summed E-state index contributed by atoms with van der Waals surface area (Å²) in [7, 11) is 2.05. The van der Waals surface area contributed by atoms with Crippen molar-refractivity contribution in [3.8, 4) is 0 Å². The van der Waals surface area contributed by atoms with Crippen molar-refractivity contribution in [2.75, 3.05) is 20.2 Å². The van der Waals surface area contributed by atoms with E-state index >= 15 is 0 Å². The molecule has 0 aromatic heterocycles. The topological polar surface area (TPSA) is 23.5 Å². The maximum Gasteiger partial charge on any atom is 0.0558 e. The van der Waals surface area contributed by atoms with Crippen molar-refractivity contribution >= 4 is 44.7 Å². The van der Waals surface area contributed by atoms with Crippen LogP contribution in [-0.2, 0) is 6.54 Å². The van der Waals surface area contributed by atoms with Crippen LogP contribution in [0.4, 0.5) is 0 Å². The summed E-state index contributed by atoms with van der Waals surface area (Å²) in [5.74, 6) is 0. The molecular weight excluding hydrogens is 306 g/mol. The second-order valence-electron chi connectivity index (χ2n) is 6.04. The molecule has 4 rings (SSSR count). The predicted octanol–water partition coefficient (Wildman–Crippen LogP) is 4.43. The van der Waals surface area contributed by atoms with Crippen LogP contribution in [0.1, 0.15) is 5.56 Å². The monoisotopic (exact) mass is 325 g/mol. The van der Waals surface area contributed by atoms with Crippen molar-refractivity contribution in [1.82, 2.24) is 4.90 Å². The van der Waals surface area contributed by atoms with E-state index in [4.69, 9.17) is 5.11 Å². The summed E-state index contributed by atoms with van der Waals surface area (Å²) in [6.07, 6.45) is 0. The number of hydrogen-bond acceptors (Lipinski definition) is 2. The molecule has 0 bridgehead atoms. The van der Waals surface area contributed by atoms with E-state index in [1.165, 1.54) is 37.9 Å². The molecule has 0 saturated heterocycles. The number of aliphatic hydroxyl groups excluding tert-OH is 1. The van der Waals surface area contributed by atoms with Gasteiger partial charge in [-0.05, 0) is 44.9 Å². The number of nitrogens with zero attached hydrogens (tertiary/aromatic N) is 1. The Balaban J connectivity index is 0.00000156. The third-order valence-electron chi connectivity index (χ3n) is 4.54. The maximum absolute atomic E-state index is 9.11. The van der Waals surface area contributed by atoms with E-state index in [0.29, 0.717) is 6.54 Å². The molecule has 0 aliphatic rings. The van der Waals surface area contributed by atoms with Crippen LogP contribution in [0.5, 0.6) is 0 Å². The van der Waals surface area contributed by atoms with Crippen LogP contribution in [0.15, 0.2) is 54.6 Å². The fourth-order valence-corrected chi connectivity index (χ4v) is 3.47. The van der Waals surface area contributed by atoms with Crippen molar-refractivity contribution in [2.45, 2.75) is 6.54 Å². The van der Waals surface area contributed by atoms with Crippen LogP contribution in [0.2, 0.25) is 0 Å². The zero-order valence-corrected chi connectivity index (χ0v) is 13.9. The predicted molar refractivity (Wildman–Crippen MR) is 101 cm³/mol. The molecule has 0 atom stereocenters. The third-order valence-corrected chi connectivity index (χ3v) is 4.54. The van der Waals surface area contributed by atoms with Gasteiger partial charge in [-0.25, -0.2) is 0 Å². The Labute approximate surface area is 142 Å². The Morgan fingerprint density at radius 1 is 0.826 bits per heavy atom. The number of hydrogen-bond donors (Lipinski definition) is 1. The van der Waals surface area contributed by atoms with E-state index < -0.39 is 0 Å². The first-order valence-electron chi connectivity index (χ1n) is 7.73. The number of halogens is 1. The molecule has 118 valence electrons. The zero-order chi connectivity index (χ0) is 15.1. The van der Waals surface area contributed by atoms with Crippen molar-refractivity contribution in [3.05, 3.63) is 60.2 Å². The molecule has 4 aromatic carbocycles. The van der Waals surface area contributed by atoms with Crippen LogP contribution in [0.3, 0.4) is 0 Å². The van der Waals surface area contributed by atoms with Crippen molar-refractivity contribution in [1.29, 1.82) is 0 Å². The fraction of sp³-hybridized carbons (Fsp3) is 0.200. The molecule has 2 nitrogen and oxygen atoms in total. The molecule has 0 aliphatic heterocycles. The van der Waals surface area contributed by atoms with Crippen LogP contribution < -0.4 is 0 Å². The molecule has 0 radical (unpaired) electrons. The summed E-state index contributed by atoms with van der Waals surface area (Å²) >= 11 is 0. The van der Waals surface area contributed by atoms with Gasteiger partial charge in [0.1, 0.15) is 0 Å². The summed E-state index contributed by atoms with van der Waals surface area (Å²) < 4.78 is 0. The van der Waals surface area contributed by atoms with Crippen LogP contribution in [-0.4, -0.2) is 30.2 Å². The second-order valence-corrected chi connectivity index (χ2v) is 6.04. The first-order valence-corrected chi connectivity index (χ1v) is 7.73. The lowest BCUT2D eigenvalue weighted by molar-refractivity contribution is 0.217. The summed E-state index contributed by atoms with van der Waals surface area (Å²) in [6.45, 7) is 1.75. The average molecular weight is 326 g/mol. The number of benzene rings is 4. The van der Waals surface area contributed by atoms with Gasteiger partial charge in [0.05, 0.1) is 6.61 Å². The van der Waals surface area contributed by atoms with Gasteiger partial charge in [-0.3, -0.25) is 4.90 Å². The van der Waals surface area contributed by atoms with Gasteiger partial charge >= 0.3 is 0 Å². The van der Waals surface area contributed by atoms with E-state index in [9.17, 15) is 0 Å². The summed E-state index contributed by atoms with van der Waals surface area (Å²) in [5, 5.41) is 17.1. The largest absolute Gasteiger partial charge is 0.395 e. The van der Waals surface area contributed by atoms with Crippen LogP contribution in [0.25, 0.3) is 32.3 Å². The van der Waals surface area contributed by atoms with Gasteiger partial charge in [-0.2, -0.15) is 0 Å². The van der Waals surface area contributed by atoms with Gasteiger partial charge in [0.25, 0.3) is 0 Å². The normalized spacial score (nSPS) is 11.6. The quantitative estimate of drug-likeness (QED) is 0.561. The minimum absolute atomic E-state index is 0. The number of likely N-dealkylation sites (N-methyl/N-ethyl adjacent to an activating group) is 1. The lowest BCUT2D eigenvalue weighted by Crippen LogP contribution is -2.21. The molecule has 3 heteroatoms. The van der Waals surface area contributed by atoms with E-state index in [1.807, 2.05) is 7.05 Å². The zero-order valence-electron chi connectivity index (χ0n) is 13.1. The Morgan fingerprint density at radius 2 is 1.43 bits per heavy atom. The van der Waals surface area contributed by atoms with Crippen LogP contribution >= 0.6 is 12.4 Å². The average Bonchev–Trinajstić information content (AvgIpc) is 2.54. The summed E-state index contributed by atoms with van der Waals surface area (Å²) in [4.78, 5) is 2.16. The third kappa shape index (κ3) is 2.63. The Bertz CT molecular complexity index is 934. The van der Waals surface area contributed by atoms with Crippen molar-refractivity contribution in [2.24, 2.45) is 0 Å². The van der Waals surface area contributed by atoms with Gasteiger partial charge < -0.3 is 5.11 Å². The minimum atomic E-state index is 0. The highest BCUT2D eigenvalue weighted by Crippen LogP contribution is 2.36. The summed E-state index contributed by atoms with van der Waals surface area (Å²) in [6, 6.07) is 19.8. The smallest absolute Gasteiger partial charge is 0.0558 e. The van der Waals surface area contributed by atoms with E-state index in [0.717, 1.165) is 6.54 Å². The molecule has 4 aromatic rings. The minimum Gasteiger partial charge on any atom is -0.395 e. The highest BCUT2D eigenvalue weighted by atomic mass is 35.5. The Hall–Kier alpha value is -1.87. The highest BCUT2D eigenvalue weighted by molar-refractivity contribution is 6.23. The first kappa shape index (κ1) is 16.0. The SMILES string of the molecule is CN(CCO)Cc1ccc2ccc3cccc4ccc1c2c34.Cl. The molecule has 0 fully saturated rings. The van der Waals surface area contributed by atoms with E-state index in [2.05, 4.69) is 59.5 Å². The van der Waals surface area contributed by atoms with Crippen molar-refractivity contribution in [3.63, 3.8) is 0 Å². The van der Waals surface area contributed by atoms with Gasteiger partial charge in [-0.15, -0.1) is 12.4 Å². The van der Waals surface area contributed by atoms with Gasteiger partial charge in [-0.1, -0.05) is 54.6 Å². The van der Waals surface area contributed by atoms with Gasteiger partial charge in [0.2, 0.25) is 0 Å². The van der Waals surface area contributed by atoms with Crippen LogP contribution in [0, 0.1) is 0 Å². The van der Waals surface area contributed by atoms with Gasteiger partial charge in [0, 0.05) is 13.1 Å². The molecule has 23 heavy (non-hydrogen) atoms. The fourth-order valence-electron chi connectivity index (χ4n) is 3.47. The van der Waals surface area contributed by atoms with Crippen molar-refractivity contribution < 1.29 is 5.11 Å². The molecular formula is C20H20ClNO. The number of aliphatic hydroxyl groups is 1. The molecule has 0 spiro atoms. The standard InChI is InChI=1S/C20H19NO.ClH/c1-21(11-12-22)13-17-8-7-16-6-5-14-3-2-4-15-9-10-18(17)20(16)19(14)15;/h2-10,22H,11-13H2,1H3;1H. The maximum atomic E-state index is 9.11. The lowest BCUT2D eigenvalue weighted by atomic mass is 9.92. The molecule has 1 N–H and O–H groups in total. The molecule has 0 saturated carbocycles.